The molecule has 24 heavy (non-hydrogen) atoms. The minimum atomic E-state index is -0.840. The average molecular weight is 324 g/mol. The lowest BCUT2D eigenvalue weighted by molar-refractivity contribution is 0.0694. The number of hydrogen-bond acceptors (Lipinski definition) is 1. The van der Waals surface area contributed by atoms with Crippen LogP contribution in [0.4, 0.5) is 0 Å². The van der Waals surface area contributed by atoms with Crippen LogP contribution in [0.15, 0.2) is 42.5 Å². The summed E-state index contributed by atoms with van der Waals surface area (Å²) in [5.41, 5.74) is 5.14. The molecular formula is C22H28O2. The predicted octanol–water partition coefficient (Wildman–Crippen LogP) is 5.42. The van der Waals surface area contributed by atoms with E-state index in [1.54, 1.807) is 6.07 Å². The SMILES string of the molecule is CCCc1ccccc1CCc1cccc(C(=O)O)c1C(C)(C)C. The molecular weight excluding hydrogens is 296 g/mol. The number of carbonyl (C=O) groups is 1. The molecule has 0 atom stereocenters. The van der Waals surface area contributed by atoms with Gasteiger partial charge in [-0.05, 0) is 53.0 Å². The van der Waals surface area contributed by atoms with Crippen molar-refractivity contribution in [3.05, 3.63) is 70.3 Å². The van der Waals surface area contributed by atoms with Crippen molar-refractivity contribution in [3.8, 4) is 0 Å². The topological polar surface area (TPSA) is 37.3 Å². The number of hydrogen-bond donors (Lipinski definition) is 1. The molecule has 0 amide bonds. The first kappa shape index (κ1) is 18.3. The molecule has 1 N–H and O–H groups in total. The van der Waals surface area contributed by atoms with Crippen LogP contribution >= 0.6 is 0 Å². The molecule has 2 aromatic rings. The second-order valence-electron chi connectivity index (χ2n) is 7.41. The van der Waals surface area contributed by atoms with Gasteiger partial charge in [0.05, 0.1) is 5.56 Å². The number of benzene rings is 2. The van der Waals surface area contributed by atoms with Crippen molar-refractivity contribution < 1.29 is 9.90 Å². The fraction of sp³-hybridized carbons (Fsp3) is 0.409. The highest BCUT2D eigenvalue weighted by molar-refractivity contribution is 5.90. The zero-order valence-corrected chi connectivity index (χ0v) is 15.2. The van der Waals surface area contributed by atoms with Crippen LogP contribution < -0.4 is 0 Å². The Morgan fingerprint density at radius 3 is 1.96 bits per heavy atom. The van der Waals surface area contributed by atoms with Crippen LogP contribution in [-0.2, 0) is 24.7 Å². The molecule has 2 nitrogen and oxygen atoms in total. The van der Waals surface area contributed by atoms with E-state index in [4.69, 9.17) is 0 Å². The maximum atomic E-state index is 11.6. The Morgan fingerprint density at radius 1 is 0.875 bits per heavy atom. The van der Waals surface area contributed by atoms with Gasteiger partial charge in [-0.1, -0.05) is 70.5 Å². The van der Waals surface area contributed by atoms with Gasteiger partial charge in [-0.15, -0.1) is 0 Å². The van der Waals surface area contributed by atoms with Crippen molar-refractivity contribution in [2.75, 3.05) is 0 Å². The smallest absolute Gasteiger partial charge is 0.335 e. The number of carboxylic acids is 1. The highest BCUT2D eigenvalue weighted by atomic mass is 16.4. The van der Waals surface area contributed by atoms with Crippen molar-refractivity contribution in [2.24, 2.45) is 0 Å². The van der Waals surface area contributed by atoms with Gasteiger partial charge in [-0.2, -0.15) is 0 Å². The Morgan fingerprint density at radius 2 is 1.42 bits per heavy atom. The summed E-state index contributed by atoms with van der Waals surface area (Å²) in [6, 6.07) is 14.3. The van der Waals surface area contributed by atoms with E-state index in [1.807, 2.05) is 6.07 Å². The van der Waals surface area contributed by atoms with Gasteiger partial charge in [-0.25, -0.2) is 4.79 Å². The van der Waals surface area contributed by atoms with Gasteiger partial charge < -0.3 is 5.11 Å². The molecule has 0 saturated carbocycles. The van der Waals surface area contributed by atoms with Gasteiger partial charge in [0, 0.05) is 0 Å². The number of carboxylic acid groups (broad SMARTS) is 1. The Labute approximate surface area is 145 Å². The van der Waals surface area contributed by atoms with Crippen molar-refractivity contribution in [2.45, 2.75) is 58.8 Å². The summed E-state index contributed by atoms with van der Waals surface area (Å²) in [5, 5.41) is 9.55. The second kappa shape index (κ2) is 7.65. The summed E-state index contributed by atoms with van der Waals surface area (Å²) in [4.78, 5) is 11.6. The number of rotatable bonds is 6. The largest absolute Gasteiger partial charge is 0.478 e. The predicted molar refractivity (Wildman–Crippen MR) is 99.9 cm³/mol. The lowest BCUT2D eigenvalue weighted by Gasteiger charge is -2.25. The molecule has 0 aliphatic heterocycles. The first-order chi connectivity index (χ1) is 11.3. The van der Waals surface area contributed by atoms with Crippen molar-refractivity contribution in [1.29, 1.82) is 0 Å². The third-order valence-electron chi connectivity index (χ3n) is 4.43. The summed E-state index contributed by atoms with van der Waals surface area (Å²) in [6.07, 6.45) is 4.05. The minimum absolute atomic E-state index is 0.187. The van der Waals surface area contributed by atoms with Gasteiger partial charge in [0.2, 0.25) is 0 Å². The third-order valence-corrected chi connectivity index (χ3v) is 4.43. The van der Waals surface area contributed by atoms with Crippen LogP contribution in [0.25, 0.3) is 0 Å². The van der Waals surface area contributed by atoms with Crippen molar-refractivity contribution >= 4 is 5.97 Å². The van der Waals surface area contributed by atoms with E-state index in [9.17, 15) is 9.90 Å². The van der Waals surface area contributed by atoms with Gasteiger partial charge >= 0.3 is 5.97 Å². The molecule has 2 rings (SSSR count). The molecule has 0 radical (unpaired) electrons. The summed E-state index contributed by atoms with van der Waals surface area (Å²) in [7, 11) is 0. The maximum Gasteiger partial charge on any atom is 0.335 e. The van der Waals surface area contributed by atoms with E-state index in [1.165, 1.54) is 11.1 Å². The lowest BCUT2D eigenvalue weighted by Crippen LogP contribution is -2.20. The number of aromatic carboxylic acids is 1. The molecule has 0 aliphatic rings. The van der Waals surface area contributed by atoms with Crippen LogP contribution in [0.3, 0.4) is 0 Å². The van der Waals surface area contributed by atoms with E-state index in [0.29, 0.717) is 5.56 Å². The molecule has 2 aromatic carbocycles. The molecule has 0 spiro atoms. The monoisotopic (exact) mass is 324 g/mol. The van der Waals surface area contributed by atoms with E-state index >= 15 is 0 Å². The van der Waals surface area contributed by atoms with Gasteiger partial charge in [0.25, 0.3) is 0 Å². The quantitative estimate of drug-likeness (QED) is 0.770. The normalized spacial score (nSPS) is 11.5. The average Bonchev–Trinajstić information content (AvgIpc) is 2.53. The van der Waals surface area contributed by atoms with E-state index in [-0.39, 0.29) is 5.41 Å². The zero-order chi connectivity index (χ0) is 17.7. The molecule has 128 valence electrons. The summed E-state index contributed by atoms with van der Waals surface area (Å²) in [5.74, 6) is -0.840. The van der Waals surface area contributed by atoms with Crippen LogP contribution in [0.5, 0.6) is 0 Å². The fourth-order valence-corrected chi connectivity index (χ4v) is 3.46. The van der Waals surface area contributed by atoms with Gasteiger partial charge in [0.15, 0.2) is 0 Å². The van der Waals surface area contributed by atoms with Crippen molar-refractivity contribution in [1.82, 2.24) is 0 Å². The van der Waals surface area contributed by atoms with Crippen LogP contribution in [0.1, 0.15) is 66.7 Å². The van der Waals surface area contributed by atoms with Gasteiger partial charge in [-0.3, -0.25) is 0 Å². The molecule has 0 fully saturated rings. The molecule has 2 heteroatoms. The minimum Gasteiger partial charge on any atom is -0.478 e. The first-order valence-corrected chi connectivity index (χ1v) is 8.77. The maximum absolute atomic E-state index is 11.6. The summed E-state index contributed by atoms with van der Waals surface area (Å²) < 4.78 is 0. The first-order valence-electron chi connectivity index (χ1n) is 8.77. The Kier molecular flexibility index (Phi) is 5.82. The third kappa shape index (κ3) is 4.25. The van der Waals surface area contributed by atoms with Gasteiger partial charge in [0.1, 0.15) is 0 Å². The standard InChI is InChI=1S/C22H28O2/c1-5-9-16-10-6-7-11-17(16)14-15-18-12-8-13-19(21(23)24)20(18)22(2,3)4/h6-8,10-13H,5,9,14-15H2,1-4H3,(H,23,24). The summed E-state index contributed by atoms with van der Waals surface area (Å²) in [6.45, 7) is 8.46. The van der Waals surface area contributed by atoms with Crippen LogP contribution in [0, 0.1) is 0 Å². The number of aryl methyl sites for hydroxylation is 3. The second-order valence-corrected chi connectivity index (χ2v) is 7.41. The van der Waals surface area contributed by atoms with Crippen LogP contribution in [-0.4, -0.2) is 11.1 Å². The molecule has 0 heterocycles. The van der Waals surface area contributed by atoms with Crippen LogP contribution in [0.2, 0.25) is 0 Å². The van der Waals surface area contributed by atoms with E-state index in [2.05, 4.69) is 58.0 Å². The fourth-order valence-electron chi connectivity index (χ4n) is 3.46. The van der Waals surface area contributed by atoms with E-state index < -0.39 is 5.97 Å². The molecule has 0 bridgehead atoms. The lowest BCUT2D eigenvalue weighted by atomic mass is 9.79. The zero-order valence-electron chi connectivity index (χ0n) is 15.2. The summed E-state index contributed by atoms with van der Waals surface area (Å²) >= 11 is 0. The molecule has 0 aromatic heterocycles. The Hall–Kier alpha value is -2.09. The van der Waals surface area contributed by atoms with Crippen molar-refractivity contribution in [3.63, 3.8) is 0 Å². The Bertz CT molecular complexity index is 708. The Balaban J connectivity index is 2.34. The molecule has 0 saturated heterocycles. The molecule has 0 aliphatic carbocycles. The highest BCUT2D eigenvalue weighted by Gasteiger charge is 2.24. The van der Waals surface area contributed by atoms with E-state index in [0.717, 1.165) is 36.8 Å². The highest BCUT2D eigenvalue weighted by Crippen LogP contribution is 2.30. The molecule has 0 unspecified atom stereocenters.